The zero-order valence-corrected chi connectivity index (χ0v) is 15.4. The molecule has 0 aliphatic heterocycles. The highest BCUT2D eigenvalue weighted by Gasteiger charge is 2.24. The van der Waals surface area contributed by atoms with E-state index in [1.54, 1.807) is 0 Å². The maximum Gasteiger partial charge on any atom is 0.277 e. The summed E-state index contributed by atoms with van der Waals surface area (Å²) in [4.78, 5) is 12.3. The van der Waals surface area contributed by atoms with Crippen LogP contribution in [0.25, 0.3) is 0 Å². The number of nitrogens with one attached hydrogen (secondary N) is 1. The van der Waals surface area contributed by atoms with Crippen molar-refractivity contribution >= 4 is 17.7 Å². The van der Waals surface area contributed by atoms with E-state index >= 15 is 0 Å². The van der Waals surface area contributed by atoms with Crippen molar-refractivity contribution in [3.63, 3.8) is 0 Å². The zero-order chi connectivity index (χ0) is 16.8. The molecule has 134 valence electrons. The van der Waals surface area contributed by atoms with Crippen molar-refractivity contribution in [3.05, 3.63) is 5.89 Å². The lowest BCUT2D eigenvalue weighted by molar-refractivity contribution is -0.120. The third kappa shape index (κ3) is 4.98. The van der Waals surface area contributed by atoms with E-state index in [2.05, 4.69) is 15.5 Å². The Balaban J connectivity index is 1.44. The van der Waals surface area contributed by atoms with E-state index in [0.717, 1.165) is 25.3 Å². The Morgan fingerprint density at radius 3 is 2.50 bits per heavy atom. The maximum atomic E-state index is 12.3. The zero-order valence-electron chi connectivity index (χ0n) is 14.6. The summed E-state index contributed by atoms with van der Waals surface area (Å²) in [6.07, 6.45) is 12.5. The molecular weight excluding hydrogens is 322 g/mol. The quantitative estimate of drug-likeness (QED) is 0.774. The average molecular weight is 352 g/mol. The minimum atomic E-state index is -0.201. The summed E-state index contributed by atoms with van der Waals surface area (Å²) in [6, 6.07) is 0. The van der Waals surface area contributed by atoms with Crippen molar-refractivity contribution in [2.75, 3.05) is 6.54 Å². The topological polar surface area (TPSA) is 68.0 Å². The molecule has 1 atom stereocenters. The van der Waals surface area contributed by atoms with Gasteiger partial charge in [0.15, 0.2) is 0 Å². The Morgan fingerprint density at radius 1 is 1.12 bits per heavy atom. The molecule has 2 saturated carbocycles. The molecule has 1 unspecified atom stereocenters. The molecule has 1 aromatic heterocycles. The second kappa shape index (κ2) is 8.88. The Hall–Kier alpha value is -1.04. The van der Waals surface area contributed by atoms with Gasteiger partial charge in [-0.2, -0.15) is 0 Å². The predicted molar refractivity (Wildman–Crippen MR) is 95.0 cm³/mol. The van der Waals surface area contributed by atoms with Gasteiger partial charge in [0.2, 0.25) is 11.8 Å². The van der Waals surface area contributed by atoms with Crippen LogP contribution in [0.4, 0.5) is 0 Å². The van der Waals surface area contributed by atoms with Crippen LogP contribution in [0.3, 0.4) is 0 Å². The van der Waals surface area contributed by atoms with Gasteiger partial charge in [-0.15, -0.1) is 10.2 Å². The minimum absolute atomic E-state index is 0.0722. The largest absolute Gasteiger partial charge is 0.416 e. The number of nitrogens with zero attached hydrogens (tertiary/aromatic N) is 2. The molecule has 2 fully saturated rings. The highest BCUT2D eigenvalue weighted by Crippen LogP contribution is 2.33. The second-order valence-corrected chi connectivity index (χ2v) is 8.54. The molecule has 24 heavy (non-hydrogen) atoms. The first-order valence-electron chi connectivity index (χ1n) is 9.50. The minimum Gasteiger partial charge on any atom is -0.416 e. The third-order valence-corrected chi connectivity index (χ3v) is 6.25. The number of amides is 1. The van der Waals surface area contributed by atoms with Gasteiger partial charge in [0.05, 0.1) is 5.25 Å². The molecule has 2 aliphatic rings. The van der Waals surface area contributed by atoms with Crippen molar-refractivity contribution in [1.82, 2.24) is 15.5 Å². The predicted octanol–water partition coefficient (Wildman–Crippen LogP) is 4.29. The summed E-state index contributed by atoms with van der Waals surface area (Å²) in [6.45, 7) is 2.71. The van der Waals surface area contributed by atoms with Crippen LogP contribution >= 0.6 is 11.8 Å². The van der Waals surface area contributed by atoms with Crippen molar-refractivity contribution in [1.29, 1.82) is 0 Å². The van der Waals surface area contributed by atoms with E-state index < -0.39 is 0 Å². The molecule has 5 nitrogen and oxygen atoms in total. The second-order valence-electron chi connectivity index (χ2n) is 7.25. The molecule has 1 aromatic rings. The van der Waals surface area contributed by atoms with Crippen molar-refractivity contribution in [2.45, 2.75) is 87.5 Å². The fourth-order valence-electron chi connectivity index (χ4n) is 3.77. The van der Waals surface area contributed by atoms with E-state index in [1.807, 2.05) is 6.92 Å². The van der Waals surface area contributed by atoms with Crippen LogP contribution in [-0.2, 0) is 4.79 Å². The number of aromatic nitrogens is 2. The lowest BCUT2D eigenvalue weighted by Crippen LogP contribution is -2.35. The van der Waals surface area contributed by atoms with Gasteiger partial charge >= 0.3 is 0 Å². The molecule has 1 heterocycles. The fourth-order valence-corrected chi connectivity index (χ4v) is 4.48. The molecule has 0 radical (unpaired) electrons. The average Bonchev–Trinajstić information content (AvgIpc) is 3.10. The van der Waals surface area contributed by atoms with Gasteiger partial charge < -0.3 is 9.73 Å². The van der Waals surface area contributed by atoms with E-state index in [1.165, 1.54) is 63.1 Å². The summed E-state index contributed by atoms with van der Waals surface area (Å²) in [5.74, 6) is 1.90. The molecule has 6 heteroatoms. The number of thioether (sulfide) groups is 1. The third-order valence-electron chi connectivity index (χ3n) is 5.31. The number of rotatable bonds is 6. The Morgan fingerprint density at radius 2 is 1.79 bits per heavy atom. The fraction of sp³-hybridized carbons (Fsp3) is 0.833. The SMILES string of the molecule is CC(Sc1nnc(C2CCCCC2)o1)C(=O)NCC1CCCCC1. The summed E-state index contributed by atoms with van der Waals surface area (Å²) >= 11 is 1.37. The van der Waals surface area contributed by atoms with Crippen LogP contribution in [0.2, 0.25) is 0 Å². The van der Waals surface area contributed by atoms with Gasteiger partial charge in [-0.1, -0.05) is 50.3 Å². The van der Waals surface area contributed by atoms with Crippen LogP contribution in [0, 0.1) is 5.92 Å². The van der Waals surface area contributed by atoms with E-state index in [-0.39, 0.29) is 11.2 Å². The standard InChI is InChI=1S/C18H29N3O2S/c1-13(16(22)19-12-14-8-4-2-5-9-14)24-18-21-20-17(23-18)15-10-6-3-7-11-15/h13-15H,2-12H2,1H3,(H,19,22). The molecule has 2 aliphatic carbocycles. The normalized spacial score (nSPS) is 21.5. The van der Waals surface area contributed by atoms with Crippen LogP contribution in [0.15, 0.2) is 9.64 Å². The van der Waals surface area contributed by atoms with Crippen LogP contribution in [0.1, 0.15) is 82.9 Å². The molecule has 3 rings (SSSR count). The maximum absolute atomic E-state index is 12.3. The van der Waals surface area contributed by atoms with Crippen LogP contribution in [-0.4, -0.2) is 27.9 Å². The summed E-state index contributed by atoms with van der Waals surface area (Å²) in [5.41, 5.74) is 0. The van der Waals surface area contributed by atoms with Gasteiger partial charge in [0.25, 0.3) is 5.22 Å². The summed E-state index contributed by atoms with van der Waals surface area (Å²) in [7, 11) is 0. The first-order valence-corrected chi connectivity index (χ1v) is 10.4. The van der Waals surface area contributed by atoms with E-state index in [0.29, 0.717) is 17.1 Å². The molecule has 1 amide bonds. The summed E-state index contributed by atoms with van der Waals surface area (Å²) in [5, 5.41) is 11.7. The molecule has 0 saturated heterocycles. The van der Waals surface area contributed by atoms with E-state index in [4.69, 9.17) is 4.42 Å². The Bertz CT molecular complexity index is 522. The molecule has 0 bridgehead atoms. The van der Waals surface area contributed by atoms with Gasteiger partial charge in [0, 0.05) is 12.5 Å². The van der Waals surface area contributed by atoms with Gasteiger partial charge in [-0.05, 0) is 38.5 Å². The lowest BCUT2D eigenvalue weighted by atomic mass is 9.89. The van der Waals surface area contributed by atoms with Crippen LogP contribution < -0.4 is 5.32 Å². The monoisotopic (exact) mass is 351 g/mol. The van der Waals surface area contributed by atoms with Crippen molar-refractivity contribution < 1.29 is 9.21 Å². The van der Waals surface area contributed by atoms with Crippen LogP contribution in [0.5, 0.6) is 0 Å². The smallest absolute Gasteiger partial charge is 0.277 e. The summed E-state index contributed by atoms with van der Waals surface area (Å²) < 4.78 is 5.80. The molecule has 0 spiro atoms. The highest BCUT2D eigenvalue weighted by atomic mass is 32.2. The molecule has 0 aromatic carbocycles. The molecular formula is C18H29N3O2S. The van der Waals surface area contributed by atoms with Gasteiger partial charge in [-0.25, -0.2) is 0 Å². The highest BCUT2D eigenvalue weighted by molar-refractivity contribution is 8.00. The number of carbonyl (C=O) groups is 1. The molecule has 1 N–H and O–H groups in total. The van der Waals surface area contributed by atoms with Gasteiger partial charge in [-0.3, -0.25) is 4.79 Å². The number of hydrogen-bond acceptors (Lipinski definition) is 5. The first-order chi connectivity index (χ1) is 11.7. The lowest BCUT2D eigenvalue weighted by Gasteiger charge is -2.22. The van der Waals surface area contributed by atoms with Crippen molar-refractivity contribution in [3.8, 4) is 0 Å². The number of hydrogen-bond donors (Lipinski definition) is 1. The van der Waals surface area contributed by atoms with Crippen molar-refractivity contribution in [2.24, 2.45) is 5.92 Å². The van der Waals surface area contributed by atoms with E-state index in [9.17, 15) is 4.79 Å². The Labute approximate surface area is 148 Å². The van der Waals surface area contributed by atoms with Gasteiger partial charge in [0.1, 0.15) is 0 Å². The number of carbonyl (C=O) groups excluding carboxylic acids is 1. The first kappa shape index (κ1) is 17.8. The Kier molecular flexibility index (Phi) is 6.58.